The van der Waals surface area contributed by atoms with Gasteiger partial charge < -0.3 is 25.4 Å². The van der Waals surface area contributed by atoms with E-state index in [9.17, 15) is 24.3 Å². The zero-order valence-electron chi connectivity index (χ0n) is 24.6. The number of carbonyl (C=O) groups is 4. The van der Waals surface area contributed by atoms with Crippen LogP contribution in [0.3, 0.4) is 0 Å². The van der Waals surface area contributed by atoms with Crippen molar-refractivity contribution in [3.63, 3.8) is 0 Å². The minimum Gasteiger partial charge on any atom is -0.479 e. The Morgan fingerprint density at radius 3 is 2.65 bits per heavy atom. The molecule has 0 aromatic carbocycles. The molecule has 0 spiro atoms. The topological polar surface area (TPSA) is 182 Å². The third kappa shape index (κ3) is 6.83. The van der Waals surface area contributed by atoms with Crippen LogP contribution in [0, 0.1) is 5.92 Å². The van der Waals surface area contributed by atoms with Crippen LogP contribution in [0.25, 0.3) is 11.4 Å². The standard InChI is InChI=1S/C29H38N8O6/c1-28(2,3)43-27(42)31-21-10-8-6-4-5-7-9-19-16-29(19,26(40)41)32-24(38)22-15-20(17-36(22)25(21)39)37-34-23(33-35-37)18-11-13-30-14-12-18/h7,9,11-14,19-22H,4-6,8,10,15-17H2,1-3H3,(H,31,42)(H,32,38)(H,40,41)/b9-7-/t19-,20-,21+,22-,29-/m0/s1. The quantitative estimate of drug-likeness (QED) is 0.444. The molecule has 5 atom stereocenters. The number of ether oxygens (including phenoxy) is 1. The summed E-state index contributed by atoms with van der Waals surface area (Å²) in [5, 5.41) is 28.4. The van der Waals surface area contributed by atoms with Crippen LogP contribution in [-0.2, 0) is 19.1 Å². The number of pyridine rings is 1. The van der Waals surface area contributed by atoms with E-state index in [0.29, 0.717) is 24.2 Å². The van der Waals surface area contributed by atoms with E-state index in [-0.39, 0.29) is 25.3 Å². The molecule has 3 amide bonds. The number of nitrogens with one attached hydrogen (secondary N) is 2. The van der Waals surface area contributed by atoms with E-state index < -0.39 is 53.1 Å². The lowest BCUT2D eigenvalue weighted by atomic mass is 10.0. The predicted molar refractivity (Wildman–Crippen MR) is 152 cm³/mol. The smallest absolute Gasteiger partial charge is 0.408 e. The second-order valence-corrected chi connectivity index (χ2v) is 12.4. The van der Waals surface area contributed by atoms with Gasteiger partial charge in [-0.05, 0) is 63.8 Å². The van der Waals surface area contributed by atoms with Gasteiger partial charge in [0.05, 0.1) is 6.04 Å². The molecular formula is C29H38N8O6. The highest BCUT2D eigenvalue weighted by atomic mass is 16.6. The lowest BCUT2D eigenvalue weighted by Gasteiger charge is -2.30. The summed E-state index contributed by atoms with van der Waals surface area (Å²) in [6.07, 6.45) is 10.1. The molecule has 1 saturated carbocycles. The van der Waals surface area contributed by atoms with Gasteiger partial charge in [0.25, 0.3) is 0 Å². The van der Waals surface area contributed by atoms with E-state index in [1.807, 2.05) is 12.2 Å². The Bertz CT molecular complexity index is 1390. The number of aliphatic carboxylic acids is 1. The molecule has 14 heteroatoms. The van der Waals surface area contributed by atoms with E-state index in [1.165, 1.54) is 9.70 Å². The highest BCUT2D eigenvalue weighted by molar-refractivity contribution is 5.96. The van der Waals surface area contributed by atoms with E-state index in [2.05, 4.69) is 31.0 Å². The number of nitrogens with zero attached hydrogens (tertiary/aromatic N) is 6. The van der Waals surface area contributed by atoms with Crippen LogP contribution in [0.1, 0.15) is 71.8 Å². The molecule has 4 heterocycles. The van der Waals surface area contributed by atoms with Gasteiger partial charge in [-0.25, -0.2) is 9.59 Å². The lowest BCUT2D eigenvalue weighted by Crippen LogP contribution is -2.56. The number of tetrazole rings is 1. The molecule has 230 valence electrons. The Morgan fingerprint density at radius 1 is 1.16 bits per heavy atom. The summed E-state index contributed by atoms with van der Waals surface area (Å²) in [6.45, 7) is 5.27. The Hall–Kier alpha value is -4.36. The van der Waals surface area contributed by atoms with Gasteiger partial charge in [-0.2, -0.15) is 4.80 Å². The number of hydrogen-bond donors (Lipinski definition) is 3. The SMILES string of the molecule is CC(C)(C)OC(=O)N[C@@H]1CCCCC/C=C\[C@H]2C[C@]2(C(=O)O)NC(=O)[C@@H]2C[C@H](n3nnc(-c4ccncc4)n3)CN2C1=O. The van der Waals surface area contributed by atoms with Gasteiger partial charge >= 0.3 is 12.1 Å². The number of rotatable bonds is 4. The molecule has 2 aromatic heterocycles. The van der Waals surface area contributed by atoms with Crippen molar-refractivity contribution >= 4 is 23.9 Å². The van der Waals surface area contributed by atoms with Crippen LogP contribution in [0.15, 0.2) is 36.7 Å². The molecule has 14 nitrogen and oxygen atoms in total. The van der Waals surface area contributed by atoms with E-state index >= 15 is 0 Å². The van der Waals surface area contributed by atoms with Crippen LogP contribution < -0.4 is 10.6 Å². The molecule has 3 aliphatic rings. The van der Waals surface area contributed by atoms with Crippen LogP contribution in [0.2, 0.25) is 0 Å². The van der Waals surface area contributed by atoms with Crippen molar-refractivity contribution in [1.29, 1.82) is 0 Å². The van der Waals surface area contributed by atoms with Crippen LogP contribution in [0.5, 0.6) is 0 Å². The number of allylic oxidation sites excluding steroid dienone is 1. The maximum atomic E-state index is 14.1. The summed E-state index contributed by atoms with van der Waals surface area (Å²) >= 11 is 0. The van der Waals surface area contributed by atoms with Crippen molar-refractivity contribution in [2.45, 2.75) is 95.0 Å². The summed E-state index contributed by atoms with van der Waals surface area (Å²) in [5.74, 6) is -2.11. The molecule has 0 bridgehead atoms. The average molecular weight is 595 g/mol. The monoisotopic (exact) mass is 594 g/mol. The van der Waals surface area contributed by atoms with Crippen molar-refractivity contribution in [3.8, 4) is 11.4 Å². The van der Waals surface area contributed by atoms with Gasteiger partial charge in [0.2, 0.25) is 17.6 Å². The third-order valence-corrected chi connectivity index (χ3v) is 8.02. The second kappa shape index (κ2) is 12.1. The van der Waals surface area contributed by atoms with Crippen molar-refractivity contribution < 1.29 is 29.0 Å². The minimum atomic E-state index is -1.42. The number of aromatic nitrogens is 5. The molecule has 2 fully saturated rings. The fourth-order valence-corrected chi connectivity index (χ4v) is 5.69. The molecule has 0 radical (unpaired) electrons. The first-order valence-electron chi connectivity index (χ1n) is 14.7. The highest BCUT2D eigenvalue weighted by Gasteiger charge is 2.61. The molecule has 2 aromatic rings. The van der Waals surface area contributed by atoms with Crippen LogP contribution >= 0.6 is 0 Å². The van der Waals surface area contributed by atoms with E-state index in [1.54, 1.807) is 45.3 Å². The fraction of sp³-hybridized carbons (Fsp3) is 0.586. The molecule has 1 aliphatic carbocycles. The number of fused-ring (bicyclic) bond motifs is 2. The number of carboxylic acid groups (broad SMARTS) is 1. The van der Waals surface area contributed by atoms with Crippen molar-refractivity contribution in [2.24, 2.45) is 5.92 Å². The Balaban J connectivity index is 1.44. The third-order valence-electron chi connectivity index (χ3n) is 8.02. The summed E-state index contributed by atoms with van der Waals surface area (Å²) < 4.78 is 5.43. The van der Waals surface area contributed by atoms with Crippen molar-refractivity contribution in [1.82, 2.24) is 40.7 Å². The summed E-state index contributed by atoms with van der Waals surface area (Å²) in [6, 6.07) is 1.02. The first kappa shape index (κ1) is 30.1. The predicted octanol–water partition coefficient (Wildman–Crippen LogP) is 2.25. The molecule has 2 aliphatic heterocycles. The van der Waals surface area contributed by atoms with Gasteiger partial charge in [0, 0.05) is 36.8 Å². The Kier molecular flexibility index (Phi) is 8.47. The molecular weight excluding hydrogens is 556 g/mol. The fourth-order valence-electron chi connectivity index (χ4n) is 5.69. The molecule has 5 rings (SSSR count). The molecule has 1 saturated heterocycles. The summed E-state index contributed by atoms with van der Waals surface area (Å²) in [4.78, 5) is 59.7. The van der Waals surface area contributed by atoms with Gasteiger partial charge in [0.15, 0.2) is 0 Å². The number of amides is 3. The summed E-state index contributed by atoms with van der Waals surface area (Å²) in [7, 11) is 0. The van der Waals surface area contributed by atoms with Gasteiger partial charge in [-0.15, -0.1) is 10.2 Å². The normalized spacial score (nSPS) is 28.9. The first-order valence-corrected chi connectivity index (χ1v) is 14.7. The van der Waals surface area contributed by atoms with Crippen LogP contribution in [-0.4, -0.2) is 88.8 Å². The zero-order valence-corrected chi connectivity index (χ0v) is 24.6. The van der Waals surface area contributed by atoms with E-state index in [0.717, 1.165) is 19.3 Å². The van der Waals surface area contributed by atoms with Gasteiger partial charge in [-0.3, -0.25) is 14.6 Å². The van der Waals surface area contributed by atoms with Gasteiger partial charge in [-0.1, -0.05) is 25.0 Å². The zero-order chi connectivity index (χ0) is 30.8. The number of alkyl carbamates (subject to hydrolysis) is 1. The van der Waals surface area contributed by atoms with Crippen LogP contribution in [0.4, 0.5) is 4.79 Å². The summed E-state index contributed by atoms with van der Waals surface area (Å²) in [5.41, 5.74) is -1.48. The number of hydrogen-bond acceptors (Lipinski definition) is 9. The minimum absolute atomic E-state index is 0.0684. The molecule has 0 unspecified atom stereocenters. The maximum Gasteiger partial charge on any atom is 0.408 e. The van der Waals surface area contributed by atoms with Crippen molar-refractivity contribution in [3.05, 3.63) is 36.7 Å². The van der Waals surface area contributed by atoms with E-state index in [4.69, 9.17) is 4.74 Å². The Labute approximate surface area is 249 Å². The average Bonchev–Trinajstić information content (AvgIpc) is 3.28. The molecule has 43 heavy (non-hydrogen) atoms. The largest absolute Gasteiger partial charge is 0.479 e. The number of carboxylic acids is 1. The maximum absolute atomic E-state index is 14.1. The number of carbonyl (C=O) groups excluding carboxylic acids is 3. The van der Waals surface area contributed by atoms with Gasteiger partial charge in [0.1, 0.15) is 23.2 Å². The Morgan fingerprint density at radius 2 is 1.93 bits per heavy atom. The van der Waals surface area contributed by atoms with Crippen molar-refractivity contribution in [2.75, 3.05) is 6.54 Å². The first-order chi connectivity index (χ1) is 20.5. The highest BCUT2D eigenvalue weighted by Crippen LogP contribution is 2.45. The second-order valence-electron chi connectivity index (χ2n) is 12.4. The lowest BCUT2D eigenvalue weighted by molar-refractivity contribution is -0.145. The molecule has 3 N–H and O–H groups in total.